The molecule has 15 rings (SSSR count). The van der Waals surface area contributed by atoms with Crippen molar-refractivity contribution in [3.8, 4) is 107 Å². The Kier molecular flexibility index (Phi) is 11.7. The van der Waals surface area contributed by atoms with Gasteiger partial charge in [-0.2, -0.15) is 0 Å². The lowest BCUT2D eigenvalue weighted by Crippen LogP contribution is -2.01. The molecule has 6 heteroatoms. The van der Waals surface area contributed by atoms with Crippen LogP contribution in [0.5, 0.6) is 0 Å². The Labute approximate surface area is 469 Å². The van der Waals surface area contributed by atoms with Gasteiger partial charge in [0, 0.05) is 49.8 Å². The van der Waals surface area contributed by atoms with Crippen LogP contribution in [-0.2, 0) is 0 Å². The van der Waals surface area contributed by atoms with Crippen LogP contribution in [0.2, 0.25) is 0 Å². The zero-order valence-corrected chi connectivity index (χ0v) is 43.9. The minimum atomic E-state index is 0.614. The Hall–Kier alpha value is -11.0. The predicted octanol–water partition coefficient (Wildman–Crippen LogP) is 18.7. The predicted molar refractivity (Wildman–Crippen MR) is 332 cm³/mol. The van der Waals surface area contributed by atoms with Crippen molar-refractivity contribution >= 4 is 33.5 Å². The van der Waals surface area contributed by atoms with Gasteiger partial charge in [0.15, 0.2) is 23.3 Å². The molecular weight excluding hydrogens is 985 g/mol. The van der Waals surface area contributed by atoms with Gasteiger partial charge in [-0.15, -0.1) is 0 Å². The molecule has 0 spiro atoms. The monoisotopic (exact) mass is 1030 g/mol. The highest BCUT2D eigenvalue weighted by Crippen LogP contribution is 2.50. The van der Waals surface area contributed by atoms with Gasteiger partial charge < -0.3 is 4.57 Å². The average Bonchev–Trinajstić information content (AvgIpc) is 4.11. The molecule has 0 radical (unpaired) electrons. The minimum absolute atomic E-state index is 0.614. The van der Waals surface area contributed by atoms with E-state index in [1.807, 2.05) is 72.8 Å². The van der Waals surface area contributed by atoms with E-state index in [-0.39, 0.29) is 0 Å². The van der Waals surface area contributed by atoms with E-state index in [0.29, 0.717) is 23.3 Å². The molecule has 14 aromatic rings. The van der Waals surface area contributed by atoms with Gasteiger partial charge in [-0.05, 0) is 104 Å². The second kappa shape index (κ2) is 20.1. The Morgan fingerprint density at radius 1 is 0.272 bits per heavy atom. The number of benzene rings is 11. The van der Waals surface area contributed by atoms with Gasteiger partial charge in [-0.1, -0.05) is 243 Å². The summed E-state index contributed by atoms with van der Waals surface area (Å²) in [5.41, 5.74) is 22.6. The van der Waals surface area contributed by atoms with Crippen LogP contribution in [0.1, 0.15) is 16.7 Å². The first-order chi connectivity index (χ1) is 40.1. The first-order valence-electron chi connectivity index (χ1n) is 27.3. The second-order valence-corrected chi connectivity index (χ2v) is 20.4. The largest absolute Gasteiger partial charge is 0.309 e. The number of para-hydroxylation sites is 1. The molecule has 378 valence electrons. The number of fused-ring (bicyclic) bond motifs is 6. The topological polar surface area (TPSA) is 69.4 Å². The summed E-state index contributed by atoms with van der Waals surface area (Å²) in [6, 6.07) is 100. The van der Waals surface area contributed by atoms with Crippen LogP contribution in [0.25, 0.3) is 141 Å². The summed E-state index contributed by atoms with van der Waals surface area (Å²) in [6.07, 6.45) is 2.33. The molecule has 6 nitrogen and oxygen atoms in total. The van der Waals surface area contributed by atoms with Crippen LogP contribution < -0.4 is 0 Å². The summed E-state index contributed by atoms with van der Waals surface area (Å²) in [7, 11) is 0. The van der Waals surface area contributed by atoms with Gasteiger partial charge in [-0.3, -0.25) is 0 Å². The molecule has 1 aliphatic carbocycles. The van der Waals surface area contributed by atoms with Crippen molar-refractivity contribution in [3.63, 3.8) is 0 Å². The maximum absolute atomic E-state index is 5.16. The van der Waals surface area contributed by atoms with Crippen LogP contribution >= 0.6 is 0 Å². The van der Waals surface area contributed by atoms with Crippen LogP contribution in [-0.4, -0.2) is 29.5 Å². The Bertz CT molecular complexity index is 4620. The smallest absolute Gasteiger partial charge is 0.164 e. The Morgan fingerprint density at radius 3 is 1.40 bits per heavy atom. The van der Waals surface area contributed by atoms with Crippen LogP contribution in [0, 0.1) is 0 Å². The molecule has 0 aliphatic heterocycles. The standard InChI is InChI=1S/C75H48N6/c1-5-23-50(24-6-1)66-48-67(51-25-7-2-8-26-51)77-74(76-66)56-33-17-22-49(44-56)45-65-61-36-13-14-37-62(61)70-59(39-20-41-63(65)70)54-31-18-32-55(46-54)60-40-21-43-69-71(60)64-38-15-16-42-68(64)81(69)58-35-19-34-57(47-58)75-79-72(52-27-9-3-10-28-52)78-73(80-75)53-29-11-4-12-30-53/h1-48H. The fraction of sp³-hybridized carbons (Fsp3) is 0. The molecule has 0 fully saturated rings. The molecule has 81 heavy (non-hydrogen) atoms. The second-order valence-electron chi connectivity index (χ2n) is 20.4. The molecule has 0 saturated carbocycles. The van der Waals surface area contributed by atoms with Crippen LogP contribution in [0.15, 0.2) is 285 Å². The lowest BCUT2D eigenvalue weighted by Gasteiger charge is -2.13. The van der Waals surface area contributed by atoms with Crippen molar-refractivity contribution in [3.05, 3.63) is 302 Å². The van der Waals surface area contributed by atoms with Crippen LogP contribution in [0.4, 0.5) is 0 Å². The molecule has 0 amide bonds. The molecule has 1 aliphatic rings. The number of nitrogens with zero attached hydrogens (tertiary/aromatic N) is 6. The lowest BCUT2D eigenvalue weighted by atomic mass is 9.91. The molecule has 0 bridgehead atoms. The third kappa shape index (κ3) is 8.69. The zero-order valence-electron chi connectivity index (χ0n) is 43.9. The third-order valence-corrected chi connectivity index (χ3v) is 15.4. The fourth-order valence-electron chi connectivity index (χ4n) is 11.7. The third-order valence-electron chi connectivity index (χ3n) is 15.4. The maximum atomic E-state index is 5.16. The first kappa shape index (κ1) is 47.3. The van der Waals surface area contributed by atoms with Crippen molar-refractivity contribution in [1.82, 2.24) is 29.5 Å². The molecular formula is C75H48N6. The molecule has 3 heterocycles. The minimum Gasteiger partial charge on any atom is -0.309 e. The normalized spacial score (nSPS) is 12.2. The molecule has 11 aromatic carbocycles. The highest BCUT2D eigenvalue weighted by Gasteiger charge is 2.27. The van der Waals surface area contributed by atoms with Crippen molar-refractivity contribution < 1.29 is 0 Å². The average molecular weight is 1030 g/mol. The summed E-state index contributed by atoms with van der Waals surface area (Å²) in [5.74, 6) is 2.56. The van der Waals surface area contributed by atoms with Gasteiger partial charge >= 0.3 is 0 Å². The van der Waals surface area contributed by atoms with Crippen molar-refractivity contribution in [2.24, 2.45) is 0 Å². The first-order valence-corrected chi connectivity index (χ1v) is 27.3. The Balaban J connectivity index is 0.812. The van der Waals surface area contributed by atoms with Gasteiger partial charge in [0.25, 0.3) is 0 Å². The van der Waals surface area contributed by atoms with E-state index in [1.54, 1.807) is 0 Å². The SMILES string of the molecule is C(=C1c2ccccc2-c2c1cccc2-c1cccc(-c2cccc3c2c2ccccc2n3-c2cccc(-c3nc(-c4ccccc4)nc(-c4ccccc4)n3)c2)c1)c1cccc(-c2nc(-c3ccccc3)cc(-c3ccccc3)n2)c1. The molecule has 0 atom stereocenters. The van der Waals surface area contributed by atoms with Crippen molar-refractivity contribution in [2.75, 3.05) is 0 Å². The van der Waals surface area contributed by atoms with E-state index in [0.717, 1.165) is 78.2 Å². The van der Waals surface area contributed by atoms with Crippen molar-refractivity contribution in [2.45, 2.75) is 0 Å². The Morgan fingerprint density at radius 2 is 0.716 bits per heavy atom. The molecule has 3 aromatic heterocycles. The highest BCUT2D eigenvalue weighted by molar-refractivity contribution is 6.16. The van der Waals surface area contributed by atoms with E-state index in [2.05, 4.69) is 223 Å². The maximum Gasteiger partial charge on any atom is 0.164 e. The number of hydrogen-bond acceptors (Lipinski definition) is 5. The van der Waals surface area contributed by atoms with E-state index >= 15 is 0 Å². The van der Waals surface area contributed by atoms with Gasteiger partial charge in [0.2, 0.25) is 0 Å². The van der Waals surface area contributed by atoms with Gasteiger partial charge in [0.05, 0.1) is 22.4 Å². The number of rotatable bonds is 10. The van der Waals surface area contributed by atoms with Gasteiger partial charge in [-0.25, -0.2) is 24.9 Å². The fourth-order valence-corrected chi connectivity index (χ4v) is 11.7. The summed E-state index contributed by atoms with van der Waals surface area (Å²) in [6.45, 7) is 0. The van der Waals surface area contributed by atoms with Crippen LogP contribution in [0.3, 0.4) is 0 Å². The van der Waals surface area contributed by atoms with E-state index in [9.17, 15) is 0 Å². The molecule has 0 saturated heterocycles. The molecule has 0 unspecified atom stereocenters. The zero-order chi connectivity index (χ0) is 53.6. The molecule has 0 N–H and O–H groups in total. The number of aromatic nitrogens is 6. The van der Waals surface area contributed by atoms with Gasteiger partial charge in [0.1, 0.15) is 0 Å². The van der Waals surface area contributed by atoms with Crippen molar-refractivity contribution in [1.29, 1.82) is 0 Å². The summed E-state index contributed by atoms with van der Waals surface area (Å²) >= 11 is 0. The van der Waals surface area contributed by atoms with E-state index in [4.69, 9.17) is 24.9 Å². The number of hydrogen-bond donors (Lipinski definition) is 0. The van der Waals surface area contributed by atoms with E-state index in [1.165, 1.54) is 49.7 Å². The summed E-state index contributed by atoms with van der Waals surface area (Å²) < 4.78 is 2.38. The summed E-state index contributed by atoms with van der Waals surface area (Å²) in [4.78, 5) is 25.5. The quantitative estimate of drug-likeness (QED) is 0.136. The van der Waals surface area contributed by atoms with E-state index < -0.39 is 0 Å². The lowest BCUT2D eigenvalue weighted by molar-refractivity contribution is 1.07. The highest BCUT2D eigenvalue weighted by atomic mass is 15.0. The summed E-state index contributed by atoms with van der Waals surface area (Å²) in [5, 5.41) is 2.37.